The molecule has 94 valence electrons. The number of hydrogen-bond acceptors (Lipinski definition) is 4. The normalized spacial score (nSPS) is 10.1. The molecule has 0 atom stereocenters. The molecule has 0 radical (unpaired) electrons. The van der Waals surface area contributed by atoms with Crippen LogP contribution < -0.4 is 10.6 Å². The van der Waals surface area contributed by atoms with Crippen LogP contribution in [0, 0.1) is 0 Å². The van der Waals surface area contributed by atoms with Gasteiger partial charge in [-0.2, -0.15) is 0 Å². The minimum Gasteiger partial charge on any atom is -0.462 e. The van der Waals surface area contributed by atoms with Crippen LogP contribution in [0.1, 0.15) is 30.6 Å². The van der Waals surface area contributed by atoms with E-state index in [4.69, 9.17) is 10.5 Å². The lowest BCUT2D eigenvalue weighted by Crippen LogP contribution is -2.19. The fraction of sp³-hybridized carbons (Fsp3) is 0.462. The van der Waals surface area contributed by atoms with Gasteiger partial charge in [0.2, 0.25) is 0 Å². The smallest absolute Gasteiger partial charge is 0.338 e. The molecule has 4 heteroatoms. The molecule has 0 spiro atoms. The van der Waals surface area contributed by atoms with Crippen molar-refractivity contribution in [2.24, 2.45) is 0 Å². The number of carbonyl (C=O) groups excluding carboxylic acids is 1. The summed E-state index contributed by atoms with van der Waals surface area (Å²) in [7, 11) is 1.99. The Morgan fingerprint density at radius 3 is 2.65 bits per heavy atom. The van der Waals surface area contributed by atoms with Gasteiger partial charge in [-0.25, -0.2) is 4.79 Å². The molecule has 4 nitrogen and oxygen atoms in total. The third-order valence-corrected chi connectivity index (χ3v) is 2.51. The molecular formula is C13H20N2O2. The standard InChI is InChI=1S/C13H20N2O2/c1-4-8-15(3)12-7-6-10(9-11(12)14)13(16)17-5-2/h6-7,9H,4-5,8,14H2,1-3H3. The Balaban J connectivity index is 2.89. The maximum atomic E-state index is 11.5. The van der Waals surface area contributed by atoms with Crippen LogP contribution in [0.5, 0.6) is 0 Å². The Bertz CT molecular complexity index is 391. The number of hydrogen-bond donors (Lipinski definition) is 1. The van der Waals surface area contributed by atoms with E-state index in [1.165, 1.54) is 0 Å². The highest BCUT2D eigenvalue weighted by Gasteiger charge is 2.10. The van der Waals surface area contributed by atoms with Gasteiger partial charge in [0.05, 0.1) is 23.5 Å². The first-order valence-corrected chi connectivity index (χ1v) is 5.87. The number of nitrogens with zero attached hydrogens (tertiary/aromatic N) is 1. The number of ether oxygens (including phenoxy) is 1. The van der Waals surface area contributed by atoms with Gasteiger partial charge >= 0.3 is 5.97 Å². The van der Waals surface area contributed by atoms with Crippen molar-refractivity contribution < 1.29 is 9.53 Å². The molecule has 1 aromatic carbocycles. The predicted molar refractivity (Wildman–Crippen MR) is 70.4 cm³/mol. The van der Waals surface area contributed by atoms with Crippen LogP contribution in [0.2, 0.25) is 0 Å². The molecule has 0 fully saturated rings. The molecule has 2 N–H and O–H groups in total. The zero-order valence-corrected chi connectivity index (χ0v) is 10.7. The molecule has 0 saturated carbocycles. The number of anilines is 2. The Morgan fingerprint density at radius 1 is 1.41 bits per heavy atom. The third-order valence-electron chi connectivity index (χ3n) is 2.51. The Labute approximate surface area is 102 Å². The molecule has 0 saturated heterocycles. The summed E-state index contributed by atoms with van der Waals surface area (Å²) in [6, 6.07) is 5.27. The first kappa shape index (κ1) is 13.4. The van der Waals surface area contributed by atoms with Crippen LogP contribution in [0.3, 0.4) is 0 Å². The molecule has 0 aliphatic rings. The molecule has 1 rings (SSSR count). The first-order valence-electron chi connectivity index (χ1n) is 5.87. The summed E-state index contributed by atoms with van der Waals surface area (Å²) in [5.74, 6) is -0.330. The molecule has 17 heavy (non-hydrogen) atoms. The van der Waals surface area contributed by atoms with E-state index in [0.29, 0.717) is 17.9 Å². The number of carbonyl (C=O) groups is 1. The summed E-state index contributed by atoms with van der Waals surface area (Å²) in [6.07, 6.45) is 1.05. The summed E-state index contributed by atoms with van der Waals surface area (Å²) in [6.45, 7) is 5.20. The molecule has 0 unspecified atom stereocenters. The van der Waals surface area contributed by atoms with Crippen molar-refractivity contribution >= 4 is 17.3 Å². The Morgan fingerprint density at radius 2 is 2.12 bits per heavy atom. The van der Waals surface area contributed by atoms with E-state index in [1.807, 2.05) is 13.1 Å². The topological polar surface area (TPSA) is 55.6 Å². The fourth-order valence-electron chi connectivity index (χ4n) is 1.70. The lowest BCUT2D eigenvalue weighted by Gasteiger charge is -2.20. The molecule has 0 aromatic heterocycles. The van der Waals surface area contributed by atoms with Gasteiger partial charge in [-0.05, 0) is 31.5 Å². The van der Waals surface area contributed by atoms with Crippen LogP contribution in [0.15, 0.2) is 18.2 Å². The van der Waals surface area contributed by atoms with Gasteiger partial charge in [-0.15, -0.1) is 0 Å². The zero-order chi connectivity index (χ0) is 12.8. The summed E-state index contributed by atoms with van der Waals surface area (Å²) in [5.41, 5.74) is 7.98. The van der Waals surface area contributed by atoms with E-state index in [1.54, 1.807) is 19.1 Å². The van der Waals surface area contributed by atoms with E-state index in [2.05, 4.69) is 11.8 Å². The average Bonchev–Trinajstić information content (AvgIpc) is 2.29. The van der Waals surface area contributed by atoms with E-state index in [9.17, 15) is 4.79 Å². The summed E-state index contributed by atoms with van der Waals surface area (Å²) in [4.78, 5) is 13.6. The minimum absolute atomic E-state index is 0.330. The minimum atomic E-state index is -0.330. The fourth-order valence-corrected chi connectivity index (χ4v) is 1.70. The van der Waals surface area contributed by atoms with Gasteiger partial charge in [0.15, 0.2) is 0 Å². The average molecular weight is 236 g/mol. The maximum Gasteiger partial charge on any atom is 0.338 e. The van der Waals surface area contributed by atoms with Gasteiger partial charge in [-0.3, -0.25) is 0 Å². The largest absolute Gasteiger partial charge is 0.462 e. The lowest BCUT2D eigenvalue weighted by molar-refractivity contribution is 0.0526. The van der Waals surface area contributed by atoms with Crippen molar-refractivity contribution in [2.45, 2.75) is 20.3 Å². The van der Waals surface area contributed by atoms with Crippen molar-refractivity contribution in [1.82, 2.24) is 0 Å². The molecule has 0 heterocycles. The number of benzene rings is 1. The van der Waals surface area contributed by atoms with Crippen LogP contribution in [0.4, 0.5) is 11.4 Å². The van der Waals surface area contributed by atoms with Crippen molar-refractivity contribution in [3.05, 3.63) is 23.8 Å². The Hall–Kier alpha value is -1.71. The first-order chi connectivity index (χ1) is 8.10. The highest BCUT2D eigenvalue weighted by Crippen LogP contribution is 2.23. The molecule has 1 aromatic rings. The van der Waals surface area contributed by atoms with Gasteiger partial charge in [0.1, 0.15) is 0 Å². The second-order valence-electron chi connectivity index (χ2n) is 3.92. The second-order valence-corrected chi connectivity index (χ2v) is 3.92. The molecule has 0 aliphatic carbocycles. The van der Waals surface area contributed by atoms with E-state index in [0.717, 1.165) is 18.7 Å². The quantitative estimate of drug-likeness (QED) is 0.629. The summed E-state index contributed by atoms with van der Waals surface area (Å²) >= 11 is 0. The van der Waals surface area contributed by atoms with Crippen LogP contribution in [0.25, 0.3) is 0 Å². The SMILES string of the molecule is CCCN(C)c1ccc(C(=O)OCC)cc1N. The van der Waals surface area contributed by atoms with Gasteiger partial charge < -0.3 is 15.4 Å². The number of nitrogen functional groups attached to an aromatic ring is 1. The van der Waals surface area contributed by atoms with Gasteiger partial charge in [0, 0.05) is 13.6 Å². The van der Waals surface area contributed by atoms with Crippen LogP contribution in [-0.4, -0.2) is 26.2 Å². The van der Waals surface area contributed by atoms with Crippen molar-refractivity contribution in [3.63, 3.8) is 0 Å². The van der Waals surface area contributed by atoms with Crippen LogP contribution in [-0.2, 0) is 4.74 Å². The number of esters is 1. The third kappa shape index (κ3) is 3.37. The van der Waals surface area contributed by atoms with Gasteiger partial charge in [0.25, 0.3) is 0 Å². The summed E-state index contributed by atoms with van der Waals surface area (Å²) in [5, 5.41) is 0. The molecule has 0 aliphatic heterocycles. The highest BCUT2D eigenvalue weighted by molar-refractivity contribution is 5.92. The zero-order valence-electron chi connectivity index (χ0n) is 10.7. The molecule has 0 amide bonds. The van der Waals surface area contributed by atoms with Crippen molar-refractivity contribution in [1.29, 1.82) is 0 Å². The van der Waals surface area contributed by atoms with Gasteiger partial charge in [-0.1, -0.05) is 6.92 Å². The number of rotatable bonds is 5. The maximum absolute atomic E-state index is 11.5. The number of nitrogens with two attached hydrogens (primary N) is 1. The van der Waals surface area contributed by atoms with Crippen molar-refractivity contribution in [2.75, 3.05) is 30.8 Å². The van der Waals surface area contributed by atoms with E-state index in [-0.39, 0.29) is 5.97 Å². The molecule has 0 bridgehead atoms. The monoisotopic (exact) mass is 236 g/mol. The van der Waals surface area contributed by atoms with E-state index < -0.39 is 0 Å². The molecular weight excluding hydrogens is 216 g/mol. The summed E-state index contributed by atoms with van der Waals surface area (Å²) < 4.78 is 4.92. The Kier molecular flexibility index (Phi) is 4.82. The highest BCUT2D eigenvalue weighted by atomic mass is 16.5. The lowest BCUT2D eigenvalue weighted by atomic mass is 10.1. The van der Waals surface area contributed by atoms with E-state index >= 15 is 0 Å². The second kappa shape index (κ2) is 6.13. The predicted octanol–water partition coefficient (Wildman–Crippen LogP) is 2.29. The van der Waals surface area contributed by atoms with Crippen molar-refractivity contribution in [3.8, 4) is 0 Å². The van der Waals surface area contributed by atoms with Crippen LogP contribution >= 0.6 is 0 Å².